The SMILES string of the molecule is CC(=O)c1ccc(Oc2ccccc2[N+](=O)[O-])c(Br)c1. The van der Waals surface area contributed by atoms with E-state index >= 15 is 0 Å². The number of nitro benzene ring substituents is 1. The summed E-state index contributed by atoms with van der Waals surface area (Å²) in [6.07, 6.45) is 0. The molecule has 0 radical (unpaired) electrons. The standard InChI is InChI=1S/C14H10BrNO4/c1-9(17)10-6-7-13(11(15)8-10)20-14-5-3-2-4-12(14)16(18)19/h2-8H,1H3. The Balaban J connectivity index is 2.36. The molecule has 0 amide bonds. The van der Waals surface area contributed by atoms with Gasteiger partial charge in [-0.15, -0.1) is 0 Å². The minimum absolute atomic E-state index is 0.0667. The lowest BCUT2D eigenvalue weighted by atomic mass is 10.1. The van der Waals surface area contributed by atoms with Crippen molar-refractivity contribution in [2.24, 2.45) is 0 Å². The van der Waals surface area contributed by atoms with Crippen molar-refractivity contribution in [2.75, 3.05) is 0 Å². The highest BCUT2D eigenvalue weighted by molar-refractivity contribution is 9.10. The fraction of sp³-hybridized carbons (Fsp3) is 0.0714. The molecule has 0 atom stereocenters. The smallest absolute Gasteiger partial charge is 0.311 e. The molecule has 102 valence electrons. The number of ether oxygens (including phenoxy) is 1. The fourth-order valence-corrected chi connectivity index (χ4v) is 2.08. The molecule has 0 heterocycles. The van der Waals surface area contributed by atoms with Gasteiger partial charge in [0.15, 0.2) is 5.78 Å². The Kier molecular flexibility index (Phi) is 4.14. The van der Waals surface area contributed by atoms with Crippen molar-refractivity contribution in [2.45, 2.75) is 6.92 Å². The topological polar surface area (TPSA) is 69.4 Å². The maximum absolute atomic E-state index is 11.3. The number of carbonyl (C=O) groups is 1. The number of hydrogen-bond acceptors (Lipinski definition) is 4. The molecular formula is C14H10BrNO4. The van der Waals surface area contributed by atoms with Crippen LogP contribution in [0, 0.1) is 10.1 Å². The predicted molar refractivity (Wildman–Crippen MR) is 77.3 cm³/mol. The Morgan fingerprint density at radius 1 is 1.20 bits per heavy atom. The number of benzene rings is 2. The Morgan fingerprint density at radius 3 is 2.50 bits per heavy atom. The Hall–Kier alpha value is -2.21. The van der Waals surface area contributed by atoms with Gasteiger partial charge in [0.2, 0.25) is 5.75 Å². The van der Waals surface area contributed by atoms with E-state index < -0.39 is 4.92 Å². The van der Waals surface area contributed by atoms with E-state index in [1.807, 2.05) is 0 Å². The zero-order valence-electron chi connectivity index (χ0n) is 10.5. The Labute approximate surface area is 123 Å². The molecule has 20 heavy (non-hydrogen) atoms. The van der Waals surface area contributed by atoms with Gasteiger partial charge in [-0.3, -0.25) is 14.9 Å². The number of nitrogens with zero attached hydrogens (tertiary/aromatic N) is 1. The van der Waals surface area contributed by atoms with Crippen molar-refractivity contribution in [3.05, 3.63) is 62.6 Å². The first kappa shape index (κ1) is 14.2. The second-order valence-electron chi connectivity index (χ2n) is 4.03. The minimum Gasteiger partial charge on any atom is -0.449 e. The summed E-state index contributed by atoms with van der Waals surface area (Å²) in [6.45, 7) is 1.46. The van der Waals surface area contributed by atoms with Crippen LogP contribution < -0.4 is 4.74 Å². The van der Waals surface area contributed by atoms with Crippen LogP contribution in [0.5, 0.6) is 11.5 Å². The van der Waals surface area contributed by atoms with E-state index in [4.69, 9.17) is 4.74 Å². The van der Waals surface area contributed by atoms with Crippen LogP contribution in [0.15, 0.2) is 46.9 Å². The van der Waals surface area contributed by atoms with E-state index in [2.05, 4.69) is 15.9 Å². The van der Waals surface area contributed by atoms with Gasteiger partial charge >= 0.3 is 5.69 Å². The van der Waals surface area contributed by atoms with Gasteiger partial charge < -0.3 is 4.74 Å². The number of ketones is 1. The molecule has 0 saturated carbocycles. The van der Waals surface area contributed by atoms with Gasteiger partial charge in [-0.1, -0.05) is 12.1 Å². The van der Waals surface area contributed by atoms with Crippen LogP contribution >= 0.6 is 15.9 Å². The molecule has 0 aromatic heterocycles. The van der Waals surface area contributed by atoms with E-state index in [9.17, 15) is 14.9 Å². The second-order valence-corrected chi connectivity index (χ2v) is 4.88. The normalized spacial score (nSPS) is 10.1. The van der Waals surface area contributed by atoms with Crippen molar-refractivity contribution in [1.82, 2.24) is 0 Å². The number of nitro groups is 1. The number of Topliss-reactive ketones (excluding diaryl/α,β-unsaturated/α-hetero) is 1. The summed E-state index contributed by atoms with van der Waals surface area (Å²) < 4.78 is 6.10. The van der Waals surface area contributed by atoms with Crippen LogP contribution in [0.2, 0.25) is 0 Å². The molecule has 0 spiro atoms. The van der Waals surface area contributed by atoms with Crippen LogP contribution in [-0.4, -0.2) is 10.7 Å². The van der Waals surface area contributed by atoms with Gasteiger partial charge in [0.1, 0.15) is 5.75 Å². The van der Waals surface area contributed by atoms with E-state index in [0.29, 0.717) is 15.8 Å². The lowest BCUT2D eigenvalue weighted by Gasteiger charge is -2.08. The van der Waals surface area contributed by atoms with E-state index in [-0.39, 0.29) is 17.2 Å². The number of hydrogen-bond donors (Lipinski definition) is 0. The highest BCUT2D eigenvalue weighted by Gasteiger charge is 2.16. The molecule has 0 unspecified atom stereocenters. The molecular weight excluding hydrogens is 326 g/mol. The van der Waals surface area contributed by atoms with Gasteiger partial charge in [0.05, 0.1) is 9.40 Å². The Bertz CT molecular complexity index is 685. The molecule has 0 aliphatic rings. The van der Waals surface area contributed by atoms with E-state index in [1.54, 1.807) is 30.3 Å². The highest BCUT2D eigenvalue weighted by Crippen LogP contribution is 2.35. The van der Waals surface area contributed by atoms with Gasteiger partial charge in [-0.25, -0.2) is 0 Å². The largest absolute Gasteiger partial charge is 0.449 e. The molecule has 0 aliphatic carbocycles. The monoisotopic (exact) mass is 335 g/mol. The first-order valence-electron chi connectivity index (χ1n) is 5.71. The highest BCUT2D eigenvalue weighted by atomic mass is 79.9. The lowest BCUT2D eigenvalue weighted by molar-refractivity contribution is -0.385. The van der Waals surface area contributed by atoms with Crippen molar-refractivity contribution in [3.63, 3.8) is 0 Å². The van der Waals surface area contributed by atoms with Gasteiger partial charge in [-0.05, 0) is 47.1 Å². The second kappa shape index (κ2) is 5.83. The number of halogens is 1. The van der Waals surface area contributed by atoms with Crippen LogP contribution in [0.25, 0.3) is 0 Å². The lowest BCUT2D eigenvalue weighted by Crippen LogP contribution is -1.95. The summed E-state index contributed by atoms with van der Waals surface area (Å²) in [5.41, 5.74) is 0.418. The predicted octanol–water partition coefficient (Wildman–Crippen LogP) is 4.35. The molecule has 0 N–H and O–H groups in total. The average molecular weight is 336 g/mol. The van der Waals surface area contributed by atoms with Gasteiger partial charge in [-0.2, -0.15) is 0 Å². The Morgan fingerprint density at radius 2 is 1.90 bits per heavy atom. The van der Waals surface area contributed by atoms with Crippen LogP contribution in [0.1, 0.15) is 17.3 Å². The van der Waals surface area contributed by atoms with Gasteiger partial charge in [0, 0.05) is 11.6 Å². The third-order valence-electron chi connectivity index (χ3n) is 2.62. The zero-order chi connectivity index (χ0) is 14.7. The maximum Gasteiger partial charge on any atom is 0.311 e. The summed E-state index contributed by atoms with van der Waals surface area (Å²) >= 11 is 3.29. The number of rotatable bonds is 4. The molecule has 0 aliphatic heterocycles. The fourth-order valence-electron chi connectivity index (χ4n) is 1.62. The van der Waals surface area contributed by atoms with E-state index in [1.165, 1.54) is 19.1 Å². The van der Waals surface area contributed by atoms with Crippen molar-refractivity contribution in [3.8, 4) is 11.5 Å². The number of carbonyl (C=O) groups excluding carboxylic acids is 1. The van der Waals surface area contributed by atoms with Crippen LogP contribution in [0.3, 0.4) is 0 Å². The molecule has 0 bridgehead atoms. The molecule has 5 nitrogen and oxygen atoms in total. The molecule has 2 aromatic rings. The molecule has 6 heteroatoms. The third-order valence-corrected chi connectivity index (χ3v) is 3.24. The summed E-state index contributed by atoms with van der Waals surface area (Å²) in [6, 6.07) is 10.9. The van der Waals surface area contributed by atoms with Crippen molar-refractivity contribution >= 4 is 27.4 Å². The summed E-state index contributed by atoms with van der Waals surface area (Å²) in [5.74, 6) is 0.487. The van der Waals surface area contributed by atoms with Crippen LogP contribution in [-0.2, 0) is 0 Å². The molecule has 2 aromatic carbocycles. The zero-order valence-corrected chi connectivity index (χ0v) is 12.1. The quantitative estimate of drug-likeness (QED) is 0.473. The minimum atomic E-state index is -0.507. The summed E-state index contributed by atoms with van der Waals surface area (Å²) in [4.78, 5) is 21.7. The van der Waals surface area contributed by atoms with Crippen molar-refractivity contribution in [1.29, 1.82) is 0 Å². The van der Waals surface area contributed by atoms with Gasteiger partial charge in [0.25, 0.3) is 0 Å². The molecule has 0 saturated heterocycles. The van der Waals surface area contributed by atoms with Crippen molar-refractivity contribution < 1.29 is 14.5 Å². The summed E-state index contributed by atoms with van der Waals surface area (Å²) in [5, 5.41) is 10.9. The van der Waals surface area contributed by atoms with E-state index in [0.717, 1.165) is 0 Å². The summed E-state index contributed by atoms with van der Waals surface area (Å²) in [7, 11) is 0. The molecule has 0 fully saturated rings. The number of para-hydroxylation sites is 2. The average Bonchev–Trinajstić information content (AvgIpc) is 2.41. The third kappa shape index (κ3) is 3.03. The first-order valence-corrected chi connectivity index (χ1v) is 6.50. The molecule has 2 rings (SSSR count). The maximum atomic E-state index is 11.3. The first-order chi connectivity index (χ1) is 9.49. The van der Waals surface area contributed by atoms with Crippen LogP contribution in [0.4, 0.5) is 5.69 Å².